The van der Waals surface area contributed by atoms with E-state index in [1.165, 1.54) is 31.5 Å². The van der Waals surface area contributed by atoms with Gasteiger partial charge in [-0.25, -0.2) is 19.0 Å². The Labute approximate surface area is 100 Å². The lowest BCUT2D eigenvalue weighted by Crippen LogP contribution is -1.93. The fourth-order valence-electron chi connectivity index (χ4n) is 1.61. The van der Waals surface area contributed by atoms with Crippen LogP contribution in [0, 0.1) is 5.82 Å². The van der Waals surface area contributed by atoms with Gasteiger partial charge in [-0.15, -0.1) is 0 Å². The molecule has 18 heavy (non-hydrogen) atoms. The first kappa shape index (κ1) is 10.6. The van der Waals surface area contributed by atoms with Crippen LogP contribution in [0.2, 0.25) is 0 Å². The number of aromatic nitrogens is 4. The summed E-state index contributed by atoms with van der Waals surface area (Å²) in [6.45, 7) is 0. The molecular weight excluding hydrogens is 239 g/mol. The third-order valence-electron chi connectivity index (χ3n) is 2.43. The van der Waals surface area contributed by atoms with Crippen molar-refractivity contribution in [1.29, 1.82) is 0 Å². The number of nitrogens with zero attached hydrogens (tertiary/aromatic N) is 4. The summed E-state index contributed by atoms with van der Waals surface area (Å²) in [5, 5.41) is 7.14. The molecule has 0 saturated carbocycles. The Morgan fingerprint density at radius 1 is 1.22 bits per heavy atom. The van der Waals surface area contributed by atoms with Crippen LogP contribution in [0.5, 0.6) is 5.75 Å². The summed E-state index contributed by atoms with van der Waals surface area (Å²) in [6, 6.07) is 4.16. The summed E-state index contributed by atoms with van der Waals surface area (Å²) in [7, 11) is 1.50. The van der Waals surface area contributed by atoms with E-state index in [0.717, 1.165) is 0 Å². The van der Waals surface area contributed by atoms with Crippen molar-refractivity contribution in [1.82, 2.24) is 20.3 Å². The van der Waals surface area contributed by atoms with Crippen LogP contribution in [0.1, 0.15) is 0 Å². The zero-order valence-corrected chi connectivity index (χ0v) is 9.29. The van der Waals surface area contributed by atoms with Gasteiger partial charge in [0, 0.05) is 5.56 Å². The molecule has 2 aromatic heterocycles. The van der Waals surface area contributed by atoms with Gasteiger partial charge in [-0.05, 0) is 28.5 Å². The van der Waals surface area contributed by atoms with Gasteiger partial charge < -0.3 is 4.74 Å². The van der Waals surface area contributed by atoms with Crippen molar-refractivity contribution in [2.75, 3.05) is 7.11 Å². The molecule has 2 heterocycles. The topological polar surface area (TPSA) is 73.9 Å². The van der Waals surface area contributed by atoms with Gasteiger partial charge in [0.05, 0.1) is 19.0 Å². The Morgan fingerprint density at radius 3 is 2.89 bits per heavy atom. The lowest BCUT2D eigenvalue weighted by molar-refractivity contribution is 0.314. The van der Waals surface area contributed by atoms with Crippen molar-refractivity contribution < 1.29 is 13.8 Å². The second kappa shape index (κ2) is 4.02. The van der Waals surface area contributed by atoms with Gasteiger partial charge in [-0.2, -0.15) is 0 Å². The van der Waals surface area contributed by atoms with E-state index in [9.17, 15) is 4.39 Å². The highest BCUT2D eigenvalue weighted by molar-refractivity contribution is 5.72. The third kappa shape index (κ3) is 1.65. The maximum absolute atomic E-state index is 13.3. The molecule has 0 N–H and O–H groups in total. The minimum Gasteiger partial charge on any atom is -0.496 e. The summed E-state index contributed by atoms with van der Waals surface area (Å²) >= 11 is 0. The monoisotopic (exact) mass is 246 g/mol. The Hall–Kier alpha value is -2.57. The second-order valence-corrected chi connectivity index (χ2v) is 3.51. The number of methoxy groups -OCH3 is 1. The van der Waals surface area contributed by atoms with Gasteiger partial charge >= 0.3 is 0 Å². The van der Waals surface area contributed by atoms with Crippen molar-refractivity contribution in [2.45, 2.75) is 0 Å². The first-order chi connectivity index (χ1) is 8.78. The number of ether oxygens (including phenoxy) is 1. The molecule has 0 aliphatic heterocycles. The van der Waals surface area contributed by atoms with Crippen LogP contribution < -0.4 is 4.74 Å². The van der Waals surface area contributed by atoms with Crippen molar-refractivity contribution in [3.8, 4) is 17.0 Å². The van der Waals surface area contributed by atoms with Crippen LogP contribution in [0.15, 0.2) is 29.0 Å². The summed E-state index contributed by atoms with van der Waals surface area (Å²) in [4.78, 5) is 8.19. The van der Waals surface area contributed by atoms with Crippen LogP contribution in [-0.4, -0.2) is 27.4 Å². The quantitative estimate of drug-likeness (QED) is 0.686. The maximum atomic E-state index is 13.3. The van der Waals surface area contributed by atoms with Gasteiger partial charge in [-0.3, -0.25) is 0 Å². The van der Waals surface area contributed by atoms with Crippen LogP contribution >= 0.6 is 0 Å². The highest BCUT2D eigenvalue weighted by Crippen LogP contribution is 2.29. The van der Waals surface area contributed by atoms with Gasteiger partial charge in [0.25, 0.3) is 0 Å². The molecule has 90 valence electrons. The lowest BCUT2D eigenvalue weighted by Gasteiger charge is -2.06. The summed E-state index contributed by atoms with van der Waals surface area (Å²) < 4.78 is 22.9. The van der Waals surface area contributed by atoms with E-state index >= 15 is 0 Å². The predicted octanol–water partition coefficient (Wildman–Crippen LogP) is 1.83. The zero-order valence-electron chi connectivity index (χ0n) is 9.29. The molecule has 3 aromatic rings. The number of benzene rings is 1. The Kier molecular flexibility index (Phi) is 2.36. The van der Waals surface area contributed by atoms with E-state index in [1.807, 2.05) is 0 Å². The van der Waals surface area contributed by atoms with E-state index < -0.39 is 0 Å². The van der Waals surface area contributed by atoms with Crippen molar-refractivity contribution >= 4 is 11.3 Å². The third-order valence-corrected chi connectivity index (χ3v) is 2.43. The molecule has 0 radical (unpaired) electrons. The van der Waals surface area contributed by atoms with E-state index in [0.29, 0.717) is 22.7 Å². The highest BCUT2D eigenvalue weighted by atomic mass is 19.1. The predicted molar refractivity (Wildman–Crippen MR) is 59.3 cm³/mol. The molecule has 0 aliphatic rings. The smallest absolute Gasteiger partial charge is 0.243 e. The van der Waals surface area contributed by atoms with Crippen LogP contribution in [0.4, 0.5) is 4.39 Å². The Balaban J connectivity index is 2.21. The molecule has 0 spiro atoms. The number of hydrogen-bond acceptors (Lipinski definition) is 6. The SMILES string of the molecule is COc1ccc(F)cc1-c1cnc2nonc2n1. The van der Waals surface area contributed by atoms with Gasteiger partial charge in [0.1, 0.15) is 11.6 Å². The fraction of sp³-hybridized carbons (Fsp3) is 0.0909. The molecule has 0 fully saturated rings. The largest absolute Gasteiger partial charge is 0.496 e. The maximum Gasteiger partial charge on any atom is 0.243 e. The van der Waals surface area contributed by atoms with Gasteiger partial charge in [-0.1, -0.05) is 0 Å². The van der Waals surface area contributed by atoms with E-state index in [4.69, 9.17) is 4.74 Å². The van der Waals surface area contributed by atoms with Crippen molar-refractivity contribution in [2.24, 2.45) is 0 Å². The van der Waals surface area contributed by atoms with Crippen molar-refractivity contribution in [3.63, 3.8) is 0 Å². The minimum absolute atomic E-state index is 0.263. The molecule has 0 bridgehead atoms. The van der Waals surface area contributed by atoms with E-state index in [1.54, 1.807) is 0 Å². The van der Waals surface area contributed by atoms with Crippen LogP contribution in [0.25, 0.3) is 22.6 Å². The van der Waals surface area contributed by atoms with Gasteiger partial charge in [0.15, 0.2) is 0 Å². The molecule has 0 saturated heterocycles. The Bertz CT molecular complexity index is 713. The average Bonchev–Trinajstić information content (AvgIpc) is 2.85. The average molecular weight is 246 g/mol. The number of rotatable bonds is 2. The minimum atomic E-state index is -0.383. The molecule has 7 heteroatoms. The van der Waals surface area contributed by atoms with E-state index in [2.05, 4.69) is 24.9 Å². The fourth-order valence-corrected chi connectivity index (χ4v) is 1.61. The number of fused-ring (bicyclic) bond motifs is 1. The molecule has 1 aromatic carbocycles. The van der Waals surface area contributed by atoms with Crippen LogP contribution in [-0.2, 0) is 0 Å². The summed E-state index contributed by atoms with van der Waals surface area (Å²) in [5.41, 5.74) is 1.50. The van der Waals surface area contributed by atoms with Gasteiger partial charge in [0.2, 0.25) is 11.3 Å². The molecular formula is C11H7FN4O2. The number of halogens is 1. The molecule has 0 atom stereocenters. The molecule has 0 unspecified atom stereocenters. The first-order valence-corrected chi connectivity index (χ1v) is 5.07. The summed E-state index contributed by atoms with van der Waals surface area (Å²) in [5.74, 6) is 0.118. The normalized spacial score (nSPS) is 10.8. The molecule has 3 rings (SSSR count). The first-order valence-electron chi connectivity index (χ1n) is 5.07. The Morgan fingerprint density at radius 2 is 2.06 bits per heavy atom. The molecule has 6 nitrogen and oxygen atoms in total. The highest BCUT2D eigenvalue weighted by Gasteiger charge is 2.12. The standard InChI is InChI=1S/C11H7FN4O2/c1-17-9-3-2-6(12)4-7(9)8-5-13-10-11(14-8)16-18-15-10/h2-5H,1H3. The second-order valence-electron chi connectivity index (χ2n) is 3.51. The molecule has 0 amide bonds. The van der Waals surface area contributed by atoms with Crippen molar-refractivity contribution in [3.05, 3.63) is 30.2 Å². The number of hydrogen-bond donors (Lipinski definition) is 0. The van der Waals surface area contributed by atoms with E-state index in [-0.39, 0.29) is 11.5 Å². The lowest BCUT2D eigenvalue weighted by atomic mass is 10.1. The zero-order chi connectivity index (χ0) is 12.5. The van der Waals surface area contributed by atoms with Crippen LogP contribution in [0.3, 0.4) is 0 Å². The summed E-state index contributed by atoms with van der Waals surface area (Å²) in [6.07, 6.45) is 1.46. The molecule has 0 aliphatic carbocycles.